The fourth-order valence-corrected chi connectivity index (χ4v) is 3.73. The van der Waals surface area contributed by atoms with Gasteiger partial charge in [0.2, 0.25) is 5.88 Å². The van der Waals surface area contributed by atoms with E-state index in [9.17, 15) is 13.2 Å². The van der Waals surface area contributed by atoms with Crippen molar-refractivity contribution in [3.05, 3.63) is 71.3 Å². The molecule has 4 aromatic rings. The van der Waals surface area contributed by atoms with Crippen molar-refractivity contribution in [2.45, 2.75) is 11.8 Å². The average Bonchev–Trinajstić information content (AvgIpc) is 2.74. The summed E-state index contributed by atoms with van der Waals surface area (Å²) in [6, 6.07) is 5.92. The maximum atomic E-state index is 12.7. The van der Waals surface area contributed by atoms with Crippen LogP contribution in [-0.2, 0) is 10.0 Å². The molecule has 4 aromatic heterocycles. The van der Waals surface area contributed by atoms with Crippen LogP contribution in [0.15, 0.2) is 64.9 Å². The van der Waals surface area contributed by atoms with Crippen molar-refractivity contribution in [3.63, 3.8) is 0 Å². The van der Waals surface area contributed by atoms with E-state index < -0.39 is 10.0 Å². The quantitative estimate of drug-likeness (QED) is 0.512. The molecule has 0 spiro atoms. The van der Waals surface area contributed by atoms with Gasteiger partial charge in [0.1, 0.15) is 10.6 Å². The second-order valence-corrected chi connectivity index (χ2v) is 7.99. The van der Waals surface area contributed by atoms with Crippen LogP contribution in [0, 0.1) is 6.92 Å². The molecule has 0 bridgehead atoms. The molecule has 0 atom stereocenters. The summed E-state index contributed by atoms with van der Waals surface area (Å²) in [6.07, 6.45) is 7.10. The lowest BCUT2D eigenvalue weighted by Crippen LogP contribution is -2.15. The lowest BCUT2D eigenvalue weighted by molar-refractivity contribution is 0.400. The number of nitrogens with zero attached hydrogens (tertiary/aromatic N) is 5. The zero-order valence-corrected chi connectivity index (χ0v) is 16.8. The number of rotatable bonds is 5. The van der Waals surface area contributed by atoms with Gasteiger partial charge in [-0.3, -0.25) is 23.9 Å². The molecule has 4 rings (SSSR count). The van der Waals surface area contributed by atoms with E-state index in [1.165, 1.54) is 60.7 Å². The summed E-state index contributed by atoms with van der Waals surface area (Å²) in [6.45, 7) is 1.76. The van der Waals surface area contributed by atoms with Crippen LogP contribution in [0.2, 0.25) is 0 Å². The molecule has 0 aliphatic heterocycles. The van der Waals surface area contributed by atoms with Crippen LogP contribution in [0.25, 0.3) is 16.9 Å². The molecule has 0 fully saturated rings. The van der Waals surface area contributed by atoms with Crippen LogP contribution in [0.4, 0.5) is 5.69 Å². The van der Waals surface area contributed by atoms with Crippen LogP contribution in [0.5, 0.6) is 5.88 Å². The number of hydrogen-bond acceptors (Lipinski definition) is 8. The third kappa shape index (κ3) is 3.70. The minimum absolute atomic E-state index is 0.00186. The first-order chi connectivity index (χ1) is 14.4. The molecular weight excluding hydrogens is 408 g/mol. The van der Waals surface area contributed by atoms with E-state index in [0.29, 0.717) is 22.6 Å². The normalized spacial score (nSPS) is 11.4. The molecule has 30 heavy (non-hydrogen) atoms. The van der Waals surface area contributed by atoms with Gasteiger partial charge < -0.3 is 4.74 Å². The summed E-state index contributed by atoms with van der Waals surface area (Å²) in [7, 11) is -2.54. The summed E-state index contributed by atoms with van der Waals surface area (Å²) in [5.41, 5.74) is 1.83. The fraction of sp³-hybridized carbons (Fsp3) is 0.105. The molecule has 11 heteroatoms. The van der Waals surface area contributed by atoms with Gasteiger partial charge in [0.25, 0.3) is 15.6 Å². The number of aryl methyl sites for hydroxylation is 1. The lowest BCUT2D eigenvalue weighted by atomic mass is 10.2. The Morgan fingerprint density at radius 1 is 1.03 bits per heavy atom. The van der Waals surface area contributed by atoms with Crippen molar-refractivity contribution in [3.8, 4) is 17.1 Å². The highest BCUT2D eigenvalue weighted by Crippen LogP contribution is 2.29. The van der Waals surface area contributed by atoms with Crippen LogP contribution in [-0.4, -0.2) is 39.9 Å². The molecule has 4 heterocycles. The smallest absolute Gasteiger partial charge is 0.263 e. The number of fused-ring (bicyclic) bond motifs is 1. The van der Waals surface area contributed by atoms with Crippen LogP contribution in [0.1, 0.15) is 5.69 Å². The third-order valence-electron chi connectivity index (χ3n) is 4.26. The molecule has 0 amide bonds. The summed E-state index contributed by atoms with van der Waals surface area (Å²) < 4.78 is 34.5. The minimum Gasteiger partial charge on any atom is -0.480 e. The number of hydrogen-bond donors (Lipinski definition) is 1. The van der Waals surface area contributed by atoms with Crippen LogP contribution < -0.4 is 15.0 Å². The largest absolute Gasteiger partial charge is 0.480 e. The van der Waals surface area contributed by atoms with Crippen molar-refractivity contribution < 1.29 is 13.2 Å². The molecule has 0 aromatic carbocycles. The van der Waals surface area contributed by atoms with E-state index >= 15 is 0 Å². The van der Waals surface area contributed by atoms with Crippen molar-refractivity contribution in [1.29, 1.82) is 0 Å². The SMILES string of the molecule is COc1ncc(-c2cn3c(=O)ccnc3cn2)cc1NS(=O)(=O)c1ccc(C)nc1. The highest BCUT2D eigenvalue weighted by molar-refractivity contribution is 7.92. The third-order valence-corrected chi connectivity index (χ3v) is 5.61. The van der Waals surface area contributed by atoms with E-state index in [-0.39, 0.29) is 22.0 Å². The van der Waals surface area contributed by atoms with Gasteiger partial charge in [-0.15, -0.1) is 0 Å². The zero-order valence-electron chi connectivity index (χ0n) is 16.0. The number of anilines is 1. The zero-order chi connectivity index (χ0) is 21.3. The molecule has 0 unspecified atom stereocenters. The van der Waals surface area contributed by atoms with Crippen molar-refractivity contribution >= 4 is 21.4 Å². The Balaban J connectivity index is 1.76. The molecule has 0 aliphatic rings. The van der Waals surface area contributed by atoms with Gasteiger partial charge in [0, 0.05) is 42.1 Å². The summed E-state index contributed by atoms with van der Waals surface area (Å²) in [4.78, 5) is 28.6. The Hall–Kier alpha value is -3.86. The standard InChI is InChI=1S/C19H16N6O4S/c1-12-3-4-14(9-21-12)30(27,28)24-15-7-13(8-23-19(15)29-2)16-11-25-17(10-22-16)20-6-5-18(25)26/h3-11,24H,1-2H3. The molecule has 152 valence electrons. The summed E-state index contributed by atoms with van der Waals surface area (Å²) in [5.74, 6) is 0.0852. The second kappa shape index (κ2) is 7.52. The maximum Gasteiger partial charge on any atom is 0.263 e. The Morgan fingerprint density at radius 3 is 2.60 bits per heavy atom. The number of aromatic nitrogens is 5. The number of sulfonamides is 1. The Bertz CT molecular complexity index is 1400. The Kier molecular flexibility index (Phi) is 4.88. The average molecular weight is 424 g/mol. The summed E-state index contributed by atoms with van der Waals surface area (Å²) >= 11 is 0. The predicted molar refractivity (Wildman–Crippen MR) is 109 cm³/mol. The lowest BCUT2D eigenvalue weighted by Gasteiger charge is -2.12. The maximum absolute atomic E-state index is 12.7. The summed E-state index contributed by atoms with van der Waals surface area (Å²) in [5, 5.41) is 0. The first kappa shape index (κ1) is 19.5. The van der Waals surface area contributed by atoms with Gasteiger partial charge in [-0.1, -0.05) is 0 Å². The second-order valence-electron chi connectivity index (χ2n) is 6.31. The molecule has 0 aliphatic carbocycles. The molecule has 10 nitrogen and oxygen atoms in total. The van der Waals surface area contributed by atoms with Gasteiger partial charge in [0.05, 0.1) is 19.0 Å². The minimum atomic E-state index is -3.92. The van der Waals surface area contributed by atoms with Crippen molar-refractivity contribution in [2.75, 3.05) is 11.8 Å². The first-order valence-corrected chi connectivity index (χ1v) is 10.2. The van der Waals surface area contributed by atoms with E-state index in [1.54, 1.807) is 13.0 Å². The van der Waals surface area contributed by atoms with E-state index in [4.69, 9.17) is 4.74 Å². The Labute approximate surface area is 171 Å². The highest BCUT2D eigenvalue weighted by Gasteiger charge is 2.19. The highest BCUT2D eigenvalue weighted by atomic mass is 32.2. The number of ether oxygens (including phenoxy) is 1. The first-order valence-electron chi connectivity index (χ1n) is 8.71. The van der Waals surface area contributed by atoms with Gasteiger partial charge in [-0.2, -0.15) is 0 Å². The van der Waals surface area contributed by atoms with Gasteiger partial charge in [-0.25, -0.2) is 18.4 Å². The monoisotopic (exact) mass is 424 g/mol. The van der Waals surface area contributed by atoms with Gasteiger partial charge >= 0.3 is 0 Å². The van der Waals surface area contributed by atoms with E-state index in [1.807, 2.05) is 0 Å². The predicted octanol–water partition coefficient (Wildman–Crippen LogP) is 1.66. The number of pyridine rings is 2. The van der Waals surface area contributed by atoms with Crippen molar-refractivity contribution in [1.82, 2.24) is 24.3 Å². The molecule has 0 radical (unpaired) electrons. The molecule has 1 N–H and O–H groups in total. The molecule has 0 saturated carbocycles. The van der Waals surface area contributed by atoms with Crippen molar-refractivity contribution in [2.24, 2.45) is 0 Å². The number of methoxy groups -OCH3 is 1. The van der Waals surface area contributed by atoms with Gasteiger partial charge in [0.15, 0.2) is 5.65 Å². The van der Waals surface area contributed by atoms with Crippen LogP contribution in [0.3, 0.4) is 0 Å². The molecular formula is C19H16N6O4S. The van der Waals surface area contributed by atoms with E-state index in [2.05, 4.69) is 24.7 Å². The van der Waals surface area contributed by atoms with E-state index in [0.717, 1.165) is 0 Å². The van der Waals surface area contributed by atoms with Crippen LogP contribution >= 0.6 is 0 Å². The molecule has 0 saturated heterocycles. The number of nitrogens with one attached hydrogen (secondary N) is 1. The van der Waals surface area contributed by atoms with Gasteiger partial charge in [-0.05, 0) is 25.1 Å². The fourth-order valence-electron chi connectivity index (χ4n) is 2.74. The Morgan fingerprint density at radius 2 is 1.87 bits per heavy atom. The topological polar surface area (TPSA) is 128 Å².